The van der Waals surface area contributed by atoms with Crippen molar-refractivity contribution in [2.75, 3.05) is 31.5 Å². The number of anilines is 2. The molecule has 240 valence electrons. The summed E-state index contributed by atoms with van der Waals surface area (Å²) in [7, 11) is 1.78. The second-order valence-electron chi connectivity index (χ2n) is 12.2. The molecular weight excluding hydrogens is 575 g/mol. The molecule has 6 rings (SSSR count). The van der Waals surface area contributed by atoms with E-state index < -0.39 is 17.3 Å². The summed E-state index contributed by atoms with van der Waals surface area (Å²) in [5.74, 6) is 0.105. The first-order chi connectivity index (χ1) is 20.9. The monoisotopic (exact) mass is 617 g/mol. The van der Waals surface area contributed by atoms with Crippen molar-refractivity contribution in [3.63, 3.8) is 0 Å². The predicted molar refractivity (Wildman–Crippen MR) is 162 cm³/mol. The number of likely N-dealkylation sites (tertiary alicyclic amines) is 2. The molecule has 0 saturated carbocycles. The molecule has 3 aliphatic rings. The summed E-state index contributed by atoms with van der Waals surface area (Å²) in [6, 6.07) is 3.24. The predicted octanol–water partition coefficient (Wildman–Crippen LogP) is 6.60. The van der Waals surface area contributed by atoms with Crippen molar-refractivity contribution in [2.24, 2.45) is 7.05 Å². The number of carbonyl (C=O) groups is 1. The lowest BCUT2D eigenvalue weighted by Crippen LogP contribution is -2.55. The molecule has 0 unspecified atom stereocenters. The average Bonchev–Trinajstić information content (AvgIpc) is 3.28. The highest BCUT2D eigenvalue weighted by atomic mass is 19.4. The van der Waals surface area contributed by atoms with Gasteiger partial charge in [0.1, 0.15) is 24.4 Å². The fourth-order valence-electron chi connectivity index (χ4n) is 5.83. The Labute approximate surface area is 257 Å². The largest absolute Gasteiger partial charge is 0.486 e. The number of hydrogen-bond donors (Lipinski definition) is 1. The molecule has 0 bridgehead atoms. The zero-order chi connectivity index (χ0) is 31.8. The lowest BCUT2D eigenvalue weighted by atomic mass is 9.86. The van der Waals surface area contributed by atoms with Crippen molar-refractivity contribution in [2.45, 2.75) is 77.8 Å². The second kappa shape index (κ2) is 12.3. The summed E-state index contributed by atoms with van der Waals surface area (Å²) in [5.41, 5.74) is 1.31. The Balaban J connectivity index is 0.00000151. The summed E-state index contributed by atoms with van der Waals surface area (Å²) < 4.78 is 55.9. The van der Waals surface area contributed by atoms with Crippen molar-refractivity contribution >= 4 is 17.6 Å². The Morgan fingerprint density at radius 2 is 1.82 bits per heavy atom. The number of amides is 1. The number of aromatic nitrogens is 4. The van der Waals surface area contributed by atoms with Crippen LogP contribution >= 0.6 is 0 Å². The smallest absolute Gasteiger partial charge is 0.420 e. The topological polar surface area (TPSA) is 97.6 Å². The van der Waals surface area contributed by atoms with Crippen molar-refractivity contribution in [3.8, 4) is 17.0 Å². The number of rotatable bonds is 3. The molecule has 2 aromatic heterocycles. The molecule has 2 fully saturated rings. The molecule has 2 saturated heterocycles. The first-order valence-electron chi connectivity index (χ1n) is 15.1. The molecule has 3 aromatic rings. The van der Waals surface area contributed by atoms with Gasteiger partial charge in [-0.15, -0.1) is 0 Å². The normalized spacial score (nSPS) is 17.6. The second-order valence-corrected chi connectivity index (χ2v) is 12.2. The van der Waals surface area contributed by atoms with Crippen molar-refractivity contribution in [1.82, 2.24) is 29.5 Å². The van der Waals surface area contributed by atoms with Crippen LogP contribution in [0.3, 0.4) is 0 Å². The molecule has 3 aliphatic heterocycles. The number of alkyl halides is 3. The molecule has 0 atom stereocenters. The number of nitrogens with zero attached hydrogens (tertiary/aromatic N) is 6. The Morgan fingerprint density at radius 1 is 1.11 bits per heavy atom. The molecule has 0 spiro atoms. The van der Waals surface area contributed by atoms with Crippen LogP contribution in [0.2, 0.25) is 0 Å². The molecule has 10 nitrogen and oxygen atoms in total. The van der Waals surface area contributed by atoms with Gasteiger partial charge < -0.3 is 19.7 Å². The zero-order valence-corrected chi connectivity index (χ0v) is 26.0. The van der Waals surface area contributed by atoms with E-state index in [-0.39, 0.29) is 37.5 Å². The molecule has 1 aromatic carbocycles. The van der Waals surface area contributed by atoms with Gasteiger partial charge in [0.25, 0.3) is 0 Å². The van der Waals surface area contributed by atoms with Crippen LogP contribution in [-0.4, -0.2) is 73.5 Å². The minimum Gasteiger partial charge on any atom is -0.486 e. The molecule has 1 N–H and O–H groups in total. The third-order valence-electron chi connectivity index (χ3n) is 7.97. The van der Waals surface area contributed by atoms with Crippen LogP contribution in [-0.2, 0) is 24.6 Å². The summed E-state index contributed by atoms with van der Waals surface area (Å²) >= 11 is 0. The number of ether oxygens (including phenoxy) is 2. The Bertz CT molecular complexity index is 1490. The van der Waals surface area contributed by atoms with Gasteiger partial charge in [0.05, 0.1) is 28.7 Å². The van der Waals surface area contributed by atoms with E-state index >= 15 is 0 Å². The maximum atomic E-state index is 14.3. The van der Waals surface area contributed by atoms with Crippen LogP contribution in [0.4, 0.5) is 29.5 Å². The first kappa shape index (κ1) is 31.6. The number of halogens is 3. The third kappa shape index (κ3) is 6.62. The molecule has 0 aliphatic carbocycles. The van der Waals surface area contributed by atoms with E-state index in [9.17, 15) is 18.0 Å². The Hall–Kier alpha value is -3.87. The van der Waals surface area contributed by atoms with Crippen LogP contribution in [0.15, 0.2) is 30.9 Å². The van der Waals surface area contributed by atoms with E-state index in [4.69, 9.17) is 9.47 Å². The molecule has 5 heterocycles. The van der Waals surface area contributed by atoms with Crippen LogP contribution in [0, 0.1) is 0 Å². The first-order valence-corrected chi connectivity index (χ1v) is 15.1. The quantitative estimate of drug-likeness (QED) is 0.351. The van der Waals surface area contributed by atoms with Gasteiger partial charge in [0.15, 0.2) is 5.75 Å². The fourth-order valence-corrected chi connectivity index (χ4v) is 5.83. The van der Waals surface area contributed by atoms with Crippen molar-refractivity contribution in [3.05, 3.63) is 47.5 Å². The van der Waals surface area contributed by atoms with Gasteiger partial charge in [-0.3, -0.25) is 9.58 Å². The van der Waals surface area contributed by atoms with E-state index in [1.165, 1.54) is 12.4 Å². The molecule has 1 amide bonds. The van der Waals surface area contributed by atoms with Gasteiger partial charge in [-0.2, -0.15) is 18.3 Å². The average molecular weight is 618 g/mol. The highest BCUT2D eigenvalue weighted by Crippen LogP contribution is 2.47. The number of carbonyl (C=O) groups excluding carboxylic acids is 1. The number of aryl methyl sites for hydroxylation is 1. The highest BCUT2D eigenvalue weighted by molar-refractivity contribution is 5.76. The van der Waals surface area contributed by atoms with Crippen LogP contribution in [0.5, 0.6) is 5.75 Å². The van der Waals surface area contributed by atoms with Gasteiger partial charge in [-0.25, -0.2) is 14.8 Å². The standard InChI is InChI=1S/C29H34F3N7O3.C2H6.H2/c1-28(2,3)42-27(40)38-7-5-20(6-8-38)39-13-19(14-39)17-9-22(29(30,31)32)25-23(10-17)36-26-21(15-41-25)24(33-16-34-26)18-11-35-37(4)12-18;1-2;/h9-12,16,19-20H,5-8,13-15H2,1-4H3,(H,33,34,36);1-2H3;1H. The number of hydrogen-bond acceptors (Lipinski definition) is 8. The summed E-state index contributed by atoms with van der Waals surface area (Å²) in [5, 5.41) is 7.30. The van der Waals surface area contributed by atoms with Crippen LogP contribution in [0.25, 0.3) is 11.3 Å². The minimum absolute atomic E-state index is 0. The lowest BCUT2D eigenvalue weighted by Gasteiger charge is -2.47. The van der Waals surface area contributed by atoms with E-state index in [0.717, 1.165) is 18.4 Å². The Morgan fingerprint density at radius 3 is 2.43 bits per heavy atom. The summed E-state index contributed by atoms with van der Waals surface area (Å²) in [6.45, 7) is 11.9. The number of nitrogens with one attached hydrogen (secondary N) is 1. The fraction of sp³-hybridized carbons (Fsp3) is 0.548. The zero-order valence-electron chi connectivity index (χ0n) is 26.0. The van der Waals surface area contributed by atoms with Crippen LogP contribution in [0.1, 0.15) is 71.5 Å². The SMILES string of the molecule is CC.Cn1cc(-c2ncnc3c2COc2c(cc(C4CN(C5CCN(C(=O)OC(C)(C)C)CC5)C4)cc2C(F)(F)F)N3)cn1.[HH]. The lowest BCUT2D eigenvalue weighted by molar-refractivity contribution is -0.139. The van der Waals surface area contributed by atoms with Gasteiger partial charge in [-0.05, 0) is 51.3 Å². The van der Waals surface area contributed by atoms with E-state index in [1.54, 1.807) is 35.1 Å². The van der Waals surface area contributed by atoms with E-state index in [2.05, 4.69) is 25.3 Å². The van der Waals surface area contributed by atoms with E-state index in [0.29, 0.717) is 48.8 Å². The van der Waals surface area contributed by atoms with Crippen molar-refractivity contribution in [1.29, 1.82) is 0 Å². The summed E-state index contributed by atoms with van der Waals surface area (Å²) in [4.78, 5) is 25.1. The summed E-state index contributed by atoms with van der Waals surface area (Å²) in [6.07, 6.45) is 1.50. The third-order valence-corrected chi connectivity index (χ3v) is 7.97. The van der Waals surface area contributed by atoms with Crippen LogP contribution < -0.4 is 10.1 Å². The van der Waals surface area contributed by atoms with Gasteiger partial charge in [0, 0.05) is 58.4 Å². The van der Waals surface area contributed by atoms with Gasteiger partial charge >= 0.3 is 12.3 Å². The molecule has 44 heavy (non-hydrogen) atoms. The van der Waals surface area contributed by atoms with Gasteiger partial charge in [0.2, 0.25) is 0 Å². The van der Waals surface area contributed by atoms with Crippen molar-refractivity contribution < 1.29 is 28.9 Å². The van der Waals surface area contributed by atoms with Gasteiger partial charge in [-0.1, -0.05) is 13.8 Å². The maximum Gasteiger partial charge on any atom is 0.420 e. The number of benzene rings is 1. The molecule has 13 heteroatoms. The number of piperidine rings is 1. The maximum absolute atomic E-state index is 14.3. The minimum atomic E-state index is -4.60. The molecular formula is C31H42F3N7O3. The van der Waals surface area contributed by atoms with E-state index in [1.807, 2.05) is 34.6 Å². The molecule has 0 radical (unpaired) electrons. The highest BCUT2D eigenvalue weighted by Gasteiger charge is 2.41. The Kier molecular flexibility index (Phi) is 8.79. The number of fused-ring (bicyclic) bond motifs is 2.